The van der Waals surface area contributed by atoms with Gasteiger partial charge in [-0.1, -0.05) is 103 Å². The minimum Gasteiger partial charge on any atom is -0.367 e. The number of unbranched alkanes of at least 4 members (excludes halogenated alkanes) is 15. The Morgan fingerprint density at radius 2 is 1.04 bits per heavy atom. The van der Waals surface area contributed by atoms with E-state index in [4.69, 9.17) is 9.29 Å². The molecule has 5 nitrogen and oxygen atoms in total. The Balaban J connectivity index is 3.13. The summed E-state index contributed by atoms with van der Waals surface area (Å²) >= 11 is 0. The summed E-state index contributed by atoms with van der Waals surface area (Å²) in [5.74, 6) is -0.758. The lowest BCUT2D eigenvalue weighted by molar-refractivity contribution is -0.0840. The van der Waals surface area contributed by atoms with Gasteiger partial charge in [-0.05, 0) is 6.42 Å². The highest BCUT2D eigenvalue weighted by Crippen LogP contribution is 2.13. The molecule has 0 rings (SSSR count). The molecular weight excluding hydrogens is 352 g/mol. The van der Waals surface area contributed by atoms with E-state index in [-0.39, 0.29) is 0 Å². The Morgan fingerprint density at radius 3 is 1.38 bits per heavy atom. The maximum Gasteiger partial charge on any atom is 0.269 e. The average molecular weight is 395 g/mol. The summed E-state index contributed by atoms with van der Waals surface area (Å²) in [7, 11) is -4.17. The zero-order chi connectivity index (χ0) is 19.5. The Morgan fingerprint density at radius 1 is 0.692 bits per heavy atom. The van der Waals surface area contributed by atoms with Crippen molar-refractivity contribution < 1.29 is 22.8 Å². The third-order valence-electron chi connectivity index (χ3n) is 4.66. The Bertz CT molecular complexity index is 384. The van der Waals surface area contributed by atoms with Crippen molar-refractivity contribution in [2.24, 2.45) is 0 Å². The number of aliphatic hydroxyl groups is 1. The van der Waals surface area contributed by atoms with Gasteiger partial charge >= 0.3 is 0 Å². The van der Waals surface area contributed by atoms with E-state index in [0.717, 1.165) is 19.3 Å². The molecule has 0 aliphatic heterocycles. The molecule has 6 heteroatoms. The SMILES string of the molecule is CCCCCCCCCCCCCCCCCCOC(O)CS(=O)(=O)O. The van der Waals surface area contributed by atoms with E-state index in [1.165, 1.54) is 83.5 Å². The van der Waals surface area contributed by atoms with Crippen molar-refractivity contribution in [1.29, 1.82) is 0 Å². The molecular formula is C20H42O5S. The molecule has 0 aliphatic carbocycles. The third-order valence-corrected chi connectivity index (χ3v) is 5.37. The molecule has 0 bridgehead atoms. The fraction of sp³-hybridized carbons (Fsp3) is 1.00. The van der Waals surface area contributed by atoms with Crippen LogP contribution in [0.4, 0.5) is 0 Å². The van der Waals surface area contributed by atoms with Crippen molar-refractivity contribution in [1.82, 2.24) is 0 Å². The molecule has 1 atom stereocenters. The number of rotatable bonds is 20. The maximum atomic E-state index is 10.5. The second kappa shape index (κ2) is 18.2. The van der Waals surface area contributed by atoms with E-state index in [1.807, 2.05) is 0 Å². The van der Waals surface area contributed by atoms with Crippen LogP contribution < -0.4 is 0 Å². The van der Waals surface area contributed by atoms with Crippen LogP contribution in [0.1, 0.15) is 110 Å². The molecule has 0 radical (unpaired) electrons. The van der Waals surface area contributed by atoms with Crippen LogP contribution in [0.3, 0.4) is 0 Å². The number of hydrogen-bond acceptors (Lipinski definition) is 4. The molecule has 0 aromatic rings. The van der Waals surface area contributed by atoms with Crippen LogP contribution in [-0.4, -0.2) is 36.7 Å². The van der Waals surface area contributed by atoms with Crippen molar-refractivity contribution in [3.63, 3.8) is 0 Å². The summed E-state index contributed by atoms with van der Waals surface area (Å²) in [6, 6.07) is 0. The molecule has 26 heavy (non-hydrogen) atoms. The molecule has 0 heterocycles. The number of ether oxygens (including phenoxy) is 1. The maximum absolute atomic E-state index is 10.5. The highest BCUT2D eigenvalue weighted by Gasteiger charge is 2.13. The summed E-state index contributed by atoms with van der Waals surface area (Å²) < 4.78 is 34.6. The molecule has 2 N–H and O–H groups in total. The van der Waals surface area contributed by atoms with E-state index >= 15 is 0 Å². The second-order valence-corrected chi connectivity index (χ2v) is 8.87. The summed E-state index contributed by atoms with van der Waals surface area (Å²) in [4.78, 5) is 0. The lowest BCUT2D eigenvalue weighted by atomic mass is 10.0. The van der Waals surface area contributed by atoms with E-state index in [0.29, 0.717) is 6.61 Å². The Kier molecular flexibility index (Phi) is 18.1. The summed E-state index contributed by atoms with van der Waals surface area (Å²) in [6.45, 7) is 2.59. The molecule has 158 valence electrons. The molecule has 0 aromatic carbocycles. The van der Waals surface area contributed by atoms with Gasteiger partial charge in [0.05, 0.1) is 0 Å². The molecule has 0 spiro atoms. The predicted molar refractivity (Wildman–Crippen MR) is 108 cm³/mol. The van der Waals surface area contributed by atoms with Crippen LogP contribution in [0.2, 0.25) is 0 Å². The van der Waals surface area contributed by atoms with Gasteiger partial charge in [0.25, 0.3) is 10.1 Å². The van der Waals surface area contributed by atoms with E-state index in [1.54, 1.807) is 0 Å². The molecule has 0 amide bonds. The van der Waals surface area contributed by atoms with Gasteiger partial charge in [0.1, 0.15) is 5.75 Å². The smallest absolute Gasteiger partial charge is 0.269 e. The molecule has 0 aromatic heterocycles. The molecule has 0 aliphatic rings. The van der Waals surface area contributed by atoms with Crippen molar-refractivity contribution in [3.05, 3.63) is 0 Å². The van der Waals surface area contributed by atoms with Gasteiger partial charge in [-0.15, -0.1) is 0 Å². The van der Waals surface area contributed by atoms with Crippen LogP contribution in [0.25, 0.3) is 0 Å². The highest BCUT2D eigenvalue weighted by atomic mass is 32.2. The topological polar surface area (TPSA) is 83.8 Å². The van der Waals surface area contributed by atoms with Gasteiger partial charge in [-0.3, -0.25) is 4.55 Å². The zero-order valence-corrected chi connectivity index (χ0v) is 17.6. The van der Waals surface area contributed by atoms with Crippen molar-refractivity contribution >= 4 is 10.1 Å². The normalized spacial score (nSPS) is 13.2. The fourth-order valence-electron chi connectivity index (χ4n) is 3.10. The lowest BCUT2D eigenvalue weighted by Crippen LogP contribution is -2.23. The zero-order valence-electron chi connectivity index (χ0n) is 16.8. The van der Waals surface area contributed by atoms with E-state index in [2.05, 4.69) is 6.92 Å². The van der Waals surface area contributed by atoms with Crippen LogP contribution in [0.5, 0.6) is 0 Å². The summed E-state index contributed by atoms with van der Waals surface area (Å²) in [5.41, 5.74) is 0. The summed E-state index contributed by atoms with van der Waals surface area (Å²) in [5, 5.41) is 9.25. The van der Waals surface area contributed by atoms with Crippen LogP contribution in [-0.2, 0) is 14.9 Å². The predicted octanol–water partition coefficient (Wildman–Crippen LogP) is 5.47. The first-order valence-corrected chi connectivity index (χ1v) is 12.3. The monoisotopic (exact) mass is 394 g/mol. The van der Waals surface area contributed by atoms with E-state index in [9.17, 15) is 13.5 Å². The van der Waals surface area contributed by atoms with Crippen LogP contribution in [0, 0.1) is 0 Å². The minimum absolute atomic E-state index is 0.329. The van der Waals surface area contributed by atoms with Gasteiger partial charge in [0.2, 0.25) is 0 Å². The van der Waals surface area contributed by atoms with Crippen molar-refractivity contribution in [2.45, 2.75) is 116 Å². The van der Waals surface area contributed by atoms with Gasteiger partial charge in [0, 0.05) is 6.61 Å². The fourth-order valence-corrected chi connectivity index (χ4v) is 3.55. The van der Waals surface area contributed by atoms with Gasteiger partial charge in [-0.2, -0.15) is 8.42 Å². The number of aliphatic hydroxyl groups excluding tert-OH is 1. The van der Waals surface area contributed by atoms with Crippen LogP contribution in [0.15, 0.2) is 0 Å². The minimum atomic E-state index is -4.17. The Hall–Kier alpha value is -0.170. The first-order valence-electron chi connectivity index (χ1n) is 10.7. The van der Waals surface area contributed by atoms with Gasteiger partial charge in [-0.25, -0.2) is 0 Å². The van der Waals surface area contributed by atoms with E-state index < -0.39 is 22.2 Å². The first kappa shape index (κ1) is 25.8. The largest absolute Gasteiger partial charge is 0.367 e. The molecule has 1 unspecified atom stereocenters. The molecule has 0 saturated heterocycles. The standard InChI is InChI=1S/C20H42O5S/c1-2-3-4-5-6-7-8-9-10-11-12-13-14-15-16-17-18-25-20(21)19-26(22,23)24/h20-21H,2-19H2,1H3,(H,22,23,24). The number of hydrogen-bond donors (Lipinski definition) is 2. The lowest BCUT2D eigenvalue weighted by Gasteiger charge is -2.10. The van der Waals surface area contributed by atoms with Crippen LogP contribution >= 0.6 is 0 Å². The quantitative estimate of drug-likeness (QED) is 0.162. The first-order chi connectivity index (χ1) is 12.5. The summed E-state index contributed by atoms with van der Waals surface area (Å²) in [6.07, 6.45) is 19.2. The van der Waals surface area contributed by atoms with Gasteiger partial charge < -0.3 is 9.84 Å². The van der Waals surface area contributed by atoms with Crippen molar-refractivity contribution in [3.8, 4) is 0 Å². The Labute approximate surface area is 161 Å². The van der Waals surface area contributed by atoms with Crippen molar-refractivity contribution in [2.75, 3.05) is 12.4 Å². The average Bonchev–Trinajstić information content (AvgIpc) is 2.56. The van der Waals surface area contributed by atoms with Gasteiger partial charge in [0.15, 0.2) is 6.29 Å². The third kappa shape index (κ3) is 21.9. The molecule has 0 saturated carbocycles. The highest BCUT2D eigenvalue weighted by molar-refractivity contribution is 7.85. The molecule has 0 fully saturated rings. The second-order valence-electron chi connectivity index (χ2n) is 7.38.